The molecule has 2 aromatic rings. The number of hydrogen-bond acceptors (Lipinski definition) is 7. The van der Waals surface area contributed by atoms with Crippen LogP contribution in [0.25, 0.3) is 0 Å². The van der Waals surface area contributed by atoms with Gasteiger partial charge in [0.15, 0.2) is 0 Å². The first kappa shape index (κ1) is 24.6. The van der Waals surface area contributed by atoms with E-state index in [2.05, 4.69) is 0 Å². The van der Waals surface area contributed by atoms with E-state index in [1.807, 2.05) is 13.8 Å². The number of benzene rings is 2. The summed E-state index contributed by atoms with van der Waals surface area (Å²) in [6.07, 6.45) is 0.590. The molecule has 1 N–H and O–H groups in total. The van der Waals surface area contributed by atoms with Crippen molar-refractivity contribution in [1.29, 1.82) is 0 Å². The minimum atomic E-state index is -4.16. The molecule has 2 aromatic carbocycles. The van der Waals surface area contributed by atoms with Crippen LogP contribution >= 0.6 is 0 Å². The van der Waals surface area contributed by atoms with Gasteiger partial charge >= 0.3 is 0 Å². The molecule has 10 heteroatoms. The summed E-state index contributed by atoms with van der Waals surface area (Å²) in [6, 6.07) is 9.88. The van der Waals surface area contributed by atoms with Crippen LogP contribution in [0.2, 0.25) is 0 Å². The van der Waals surface area contributed by atoms with Crippen LogP contribution in [0.1, 0.15) is 25.3 Å². The summed E-state index contributed by atoms with van der Waals surface area (Å²) in [5.74, 6) is 0.125. The molecule has 0 spiro atoms. The van der Waals surface area contributed by atoms with Crippen LogP contribution < -0.4 is 9.04 Å². The maximum Gasteiger partial charge on any atom is 0.271 e. The van der Waals surface area contributed by atoms with Gasteiger partial charge in [0.2, 0.25) is 0 Å². The summed E-state index contributed by atoms with van der Waals surface area (Å²) in [5, 5.41) is 21.8. The van der Waals surface area contributed by atoms with E-state index >= 15 is 0 Å². The van der Waals surface area contributed by atoms with Gasteiger partial charge in [0.05, 0.1) is 36.2 Å². The Morgan fingerprint density at radius 2 is 1.87 bits per heavy atom. The minimum absolute atomic E-state index is 0.00856. The second kappa shape index (κ2) is 11.1. The summed E-state index contributed by atoms with van der Waals surface area (Å²) < 4.78 is 38.5. The molecule has 0 saturated heterocycles. The van der Waals surface area contributed by atoms with Crippen molar-refractivity contribution in [3.8, 4) is 5.75 Å². The second-order valence-corrected chi connectivity index (χ2v) is 8.91. The van der Waals surface area contributed by atoms with Crippen molar-refractivity contribution in [3.05, 3.63) is 58.1 Å². The fourth-order valence-corrected chi connectivity index (χ4v) is 4.36. The summed E-state index contributed by atoms with van der Waals surface area (Å²) >= 11 is 0. The van der Waals surface area contributed by atoms with E-state index in [0.29, 0.717) is 6.61 Å². The number of hydrogen-bond donors (Lipinski definition) is 1. The van der Waals surface area contributed by atoms with E-state index < -0.39 is 21.1 Å². The smallest absolute Gasteiger partial charge is 0.271 e. The van der Waals surface area contributed by atoms with E-state index in [1.54, 1.807) is 12.1 Å². The molecule has 0 aliphatic heterocycles. The number of rotatable bonds is 12. The first-order valence-corrected chi connectivity index (χ1v) is 11.3. The van der Waals surface area contributed by atoms with Gasteiger partial charge in [-0.05, 0) is 31.5 Å². The molecule has 0 aliphatic rings. The Labute approximate surface area is 182 Å². The van der Waals surface area contributed by atoms with Crippen molar-refractivity contribution >= 4 is 21.4 Å². The summed E-state index contributed by atoms with van der Waals surface area (Å²) in [7, 11) is -2.82. The molecule has 1 atom stereocenters. The predicted octanol–water partition coefficient (Wildman–Crippen LogP) is 3.28. The van der Waals surface area contributed by atoms with E-state index in [1.165, 1.54) is 31.4 Å². The fraction of sp³-hybridized carbons (Fsp3) is 0.429. The molecule has 0 amide bonds. The largest absolute Gasteiger partial charge is 0.495 e. The molecule has 0 radical (unpaired) electrons. The molecule has 0 bridgehead atoms. The Hall–Kier alpha value is -2.69. The standard InChI is InChI=1S/C21H28N2O7S/c1-4-5-12-30-15-18(24)14-22(31(27,28)19-9-6-16(2)7-10-19)20-13-17(23(25)26)8-11-21(20)29-3/h6-11,13,18,24H,4-5,12,14-15H2,1-3H3/t18-/m1/s1. The van der Waals surface area contributed by atoms with Crippen LogP contribution in [-0.2, 0) is 14.8 Å². The van der Waals surface area contributed by atoms with Crippen molar-refractivity contribution in [1.82, 2.24) is 0 Å². The summed E-state index contributed by atoms with van der Waals surface area (Å²) in [5.41, 5.74) is 0.543. The lowest BCUT2D eigenvalue weighted by Gasteiger charge is -2.28. The highest BCUT2D eigenvalue weighted by molar-refractivity contribution is 7.92. The number of non-ortho nitro benzene ring substituents is 1. The third-order valence-corrected chi connectivity index (χ3v) is 6.37. The average molecular weight is 453 g/mol. The summed E-state index contributed by atoms with van der Waals surface area (Å²) in [6.45, 7) is 3.84. The molecule has 0 unspecified atom stereocenters. The number of nitro benzene ring substituents is 1. The molecule has 0 aromatic heterocycles. The van der Waals surface area contributed by atoms with Crippen molar-refractivity contribution in [2.75, 3.05) is 31.2 Å². The van der Waals surface area contributed by atoms with E-state index in [4.69, 9.17) is 9.47 Å². The van der Waals surface area contributed by atoms with Gasteiger partial charge in [-0.25, -0.2) is 8.42 Å². The number of nitrogens with zero attached hydrogens (tertiary/aromatic N) is 2. The molecule has 2 rings (SSSR count). The lowest BCUT2D eigenvalue weighted by Crippen LogP contribution is -2.39. The first-order chi connectivity index (χ1) is 14.7. The lowest BCUT2D eigenvalue weighted by atomic mass is 10.2. The Bertz CT molecular complexity index is 978. The fourth-order valence-electron chi connectivity index (χ4n) is 2.86. The predicted molar refractivity (Wildman–Crippen MR) is 117 cm³/mol. The molecule has 0 heterocycles. The quantitative estimate of drug-likeness (QED) is 0.298. The van der Waals surface area contributed by atoms with Crippen LogP contribution in [0, 0.1) is 17.0 Å². The zero-order valence-electron chi connectivity index (χ0n) is 17.9. The van der Waals surface area contributed by atoms with Crippen molar-refractivity contribution < 1.29 is 27.9 Å². The van der Waals surface area contributed by atoms with E-state index in [0.717, 1.165) is 28.8 Å². The summed E-state index contributed by atoms with van der Waals surface area (Å²) in [4.78, 5) is 10.7. The number of aliphatic hydroxyl groups excluding tert-OH is 1. The third kappa shape index (κ3) is 6.39. The number of aliphatic hydroxyl groups is 1. The zero-order valence-corrected chi connectivity index (χ0v) is 18.7. The van der Waals surface area contributed by atoms with Gasteiger partial charge in [-0.3, -0.25) is 14.4 Å². The molecule has 170 valence electrons. The van der Waals surface area contributed by atoms with E-state index in [-0.39, 0.29) is 35.2 Å². The van der Waals surface area contributed by atoms with Gasteiger partial charge in [0.25, 0.3) is 15.7 Å². The Morgan fingerprint density at radius 3 is 2.45 bits per heavy atom. The topological polar surface area (TPSA) is 119 Å². The minimum Gasteiger partial charge on any atom is -0.495 e. The number of anilines is 1. The van der Waals surface area contributed by atoms with Gasteiger partial charge in [-0.1, -0.05) is 31.0 Å². The average Bonchev–Trinajstić information content (AvgIpc) is 2.74. The Kier molecular flexibility index (Phi) is 8.78. The number of methoxy groups -OCH3 is 1. The highest BCUT2D eigenvalue weighted by Crippen LogP contribution is 2.35. The van der Waals surface area contributed by atoms with Gasteiger partial charge in [0.1, 0.15) is 11.4 Å². The van der Waals surface area contributed by atoms with Gasteiger partial charge in [-0.15, -0.1) is 0 Å². The Morgan fingerprint density at radius 1 is 1.19 bits per heavy atom. The molecule has 0 fully saturated rings. The third-order valence-electron chi connectivity index (χ3n) is 4.58. The molecular formula is C21H28N2O7S. The van der Waals surface area contributed by atoms with Crippen molar-refractivity contribution in [2.24, 2.45) is 0 Å². The first-order valence-electron chi connectivity index (χ1n) is 9.88. The van der Waals surface area contributed by atoms with Gasteiger partial charge < -0.3 is 14.6 Å². The molecule has 0 saturated carbocycles. The van der Waals surface area contributed by atoms with Crippen LogP contribution in [0.15, 0.2) is 47.4 Å². The van der Waals surface area contributed by atoms with Crippen LogP contribution in [0.4, 0.5) is 11.4 Å². The number of aryl methyl sites for hydroxylation is 1. The van der Waals surface area contributed by atoms with Crippen molar-refractivity contribution in [3.63, 3.8) is 0 Å². The van der Waals surface area contributed by atoms with Crippen LogP contribution in [0.3, 0.4) is 0 Å². The zero-order chi connectivity index (χ0) is 23.0. The number of ether oxygens (including phenoxy) is 2. The SMILES string of the molecule is CCCCOC[C@H](O)CN(c1cc([N+](=O)[O-])ccc1OC)S(=O)(=O)c1ccc(C)cc1. The highest BCUT2D eigenvalue weighted by atomic mass is 32.2. The lowest BCUT2D eigenvalue weighted by molar-refractivity contribution is -0.384. The van der Waals surface area contributed by atoms with E-state index in [9.17, 15) is 23.6 Å². The monoisotopic (exact) mass is 452 g/mol. The van der Waals surface area contributed by atoms with Crippen LogP contribution in [0.5, 0.6) is 5.75 Å². The number of sulfonamides is 1. The number of nitro groups is 1. The molecular weight excluding hydrogens is 424 g/mol. The maximum absolute atomic E-state index is 13.5. The molecule has 31 heavy (non-hydrogen) atoms. The normalized spacial score (nSPS) is 12.4. The number of unbranched alkanes of at least 4 members (excludes halogenated alkanes) is 1. The second-order valence-electron chi connectivity index (χ2n) is 7.04. The van der Waals surface area contributed by atoms with Crippen LogP contribution in [-0.4, -0.2) is 51.4 Å². The Balaban J connectivity index is 2.49. The molecule has 9 nitrogen and oxygen atoms in total. The molecule has 0 aliphatic carbocycles. The highest BCUT2D eigenvalue weighted by Gasteiger charge is 2.30. The van der Waals surface area contributed by atoms with Gasteiger partial charge in [0, 0.05) is 18.7 Å². The maximum atomic E-state index is 13.5. The van der Waals surface area contributed by atoms with Crippen molar-refractivity contribution in [2.45, 2.75) is 37.7 Å². The van der Waals surface area contributed by atoms with Gasteiger partial charge in [-0.2, -0.15) is 0 Å².